The zero-order valence-corrected chi connectivity index (χ0v) is 18.7. The highest BCUT2D eigenvalue weighted by atomic mass is 79.9. The van der Waals surface area contributed by atoms with Crippen molar-refractivity contribution in [2.24, 2.45) is 21.5 Å². The fourth-order valence-electron chi connectivity index (χ4n) is 4.67. The third-order valence-corrected chi connectivity index (χ3v) is 6.81. The molecule has 1 spiro atoms. The first-order chi connectivity index (χ1) is 14.3. The Bertz CT molecular complexity index is 905. The van der Waals surface area contributed by atoms with Crippen LogP contribution in [0.5, 0.6) is 0 Å². The number of halogens is 2. The molecule has 1 aromatic carbocycles. The van der Waals surface area contributed by atoms with Crippen LogP contribution in [-0.4, -0.2) is 54.6 Å². The van der Waals surface area contributed by atoms with Crippen molar-refractivity contribution in [3.8, 4) is 0 Å². The lowest BCUT2D eigenvalue weighted by molar-refractivity contribution is -0.129. The van der Waals surface area contributed by atoms with Gasteiger partial charge in [0.25, 0.3) is 0 Å². The highest BCUT2D eigenvalue weighted by molar-refractivity contribution is 9.10. The maximum Gasteiger partial charge on any atom is 0.220 e. The van der Waals surface area contributed by atoms with Crippen LogP contribution in [0.3, 0.4) is 0 Å². The number of nitrogens with zero attached hydrogens (tertiary/aromatic N) is 5. The summed E-state index contributed by atoms with van der Waals surface area (Å²) >= 11 is 3.62. The summed E-state index contributed by atoms with van der Waals surface area (Å²) in [5.41, 5.74) is 12.7. The Morgan fingerprint density at radius 2 is 1.77 bits per heavy atom. The van der Waals surface area contributed by atoms with Gasteiger partial charge in [0.1, 0.15) is 11.5 Å². The molecule has 2 fully saturated rings. The Labute approximate surface area is 183 Å². The molecule has 0 bridgehead atoms. The van der Waals surface area contributed by atoms with Gasteiger partial charge in [-0.05, 0) is 47.7 Å². The fourth-order valence-corrected chi connectivity index (χ4v) is 5.18. The highest BCUT2D eigenvalue weighted by Gasteiger charge is 2.43. The SMILES string of the molecule is CC(=O)N1CCN(c2cc(Br)c(N3C(N)=NC(N)=NC34CCCCC4)cc2F)CC1. The number of anilines is 2. The molecule has 0 aromatic heterocycles. The minimum Gasteiger partial charge on any atom is -0.369 e. The lowest BCUT2D eigenvalue weighted by Crippen LogP contribution is -2.58. The molecule has 10 heteroatoms. The molecule has 0 unspecified atom stereocenters. The van der Waals surface area contributed by atoms with Gasteiger partial charge in [-0.25, -0.2) is 9.38 Å². The zero-order valence-electron chi connectivity index (χ0n) is 17.1. The maximum absolute atomic E-state index is 15.3. The second-order valence-electron chi connectivity index (χ2n) is 8.07. The Balaban J connectivity index is 1.66. The van der Waals surface area contributed by atoms with Gasteiger partial charge in [0.15, 0.2) is 0 Å². The predicted octanol–water partition coefficient (Wildman–Crippen LogP) is 2.37. The van der Waals surface area contributed by atoms with E-state index < -0.39 is 5.66 Å². The van der Waals surface area contributed by atoms with E-state index in [2.05, 4.69) is 25.9 Å². The van der Waals surface area contributed by atoms with Gasteiger partial charge in [-0.1, -0.05) is 6.42 Å². The van der Waals surface area contributed by atoms with Gasteiger partial charge >= 0.3 is 0 Å². The number of guanidine groups is 2. The fraction of sp³-hybridized carbons (Fsp3) is 0.550. The number of rotatable bonds is 2. The van der Waals surface area contributed by atoms with Gasteiger partial charge in [0, 0.05) is 43.6 Å². The van der Waals surface area contributed by atoms with Crippen LogP contribution in [0.1, 0.15) is 39.0 Å². The quantitative estimate of drug-likeness (QED) is 0.677. The molecule has 2 heterocycles. The van der Waals surface area contributed by atoms with E-state index in [-0.39, 0.29) is 23.6 Å². The largest absolute Gasteiger partial charge is 0.369 e. The average Bonchev–Trinajstić information content (AvgIpc) is 2.70. The molecule has 2 aliphatic heterocycles. The van der Waals surface area contributed by atoms with Gasteiger partial charge in [-0.15, -0.1) is 0 Å². The van der Waals surface area contributed by atoms with E-state index in [1.165, 1.54) is 6.07 Å². The van der Waals surface area contributed by atoms with Crippen LogP contribution >= 0.6 is 15.9 Å². The molecule has 4 N–H and O–H groups in total. The minimum atomic E-state index is -0.627. The molecule has 3 aliphatic rings. The summed E-state index contributed by atoms with van der Waals surface area (Å²) in [5.74, 6) is 0.101. The van der Waals surface area contributed by atoms with Crippen molar-refractivity contribution in [1.29, 1.82) is 0 Å². The molecule has 0 atom stereocenters. The van der Waals surface area contributed by atoms with Crippen LogP contribution in [0.15, 0.2) is 26.6 Å². The minimum absolute atomic E-state index is 0.0455. The van der Waals surface area contributed by atoms with Crippen LogP contribution in [0, 0.1) is 5.82 Å². The molecule has 1 saturated carbocycles. The van der Waals surface area contributed by atoms with Crippen LogP contribution in [0.4, 0.5) is 15.8 Å². The first-order valence-electron chi connectivity index (χ1n) is 10.3. The van der Waals surface area contributed by atoms with Crippen molar-refractivity contribution < 1.29 is 9.18 Å². The Kier molecular flexibility index (Phi) is 5.61. The van der Waals surface area contributed by atoms with Gasteiger partial charge in [0.2, 0.25) is 17.8 Å². The molecule has 8 nitrogen and oxygen atoms in total. The predicted molar refractivity (Wildman–Crippen MR) is 120 cm³/mol. The monoisotopic (exact) mass is 479 g/mol. The van der Waals surface area contributed by atoms with Crippen LogP contribution in [0.25, 0.3) is 0 Å². The molecular formula is C20H27BrFN7O. The van der Waals surface area contributed by atoms with Crippen molar-refractivity contribution in [2.45, 2.75) is 44.7 Å². The molecule has 1 amide bonds. The van der Waals surface area contributed by atoms with E-state index in [0.29, 0.717) is 42.0 Å². The Morgan fingerprint density at radius 1 is 1.10 bits per heavy atom. The second kappa shape index (κ2) is 8.05. The van der Waals surface area contributed by atoms with E-state index in [9.17, 15) is 4.79 Å². The first kappa shape index (κ1) is 20.9. The number of aliphatic imine (C=N–C) groups is 2. The van der Waals surface area contributed by atoms with E-state index >= 15 is 4.39 Å². The third-order valence-electron chi connectivity index (χ3n) is 6.17. The number of amides is 1. The number of nitrogens with two attached hydrogens (primary N) is 2. The lowest BCUT2D eigenvalue weighted by atomic mass is 9.87. The number of piperazine rings is 1. The highest BCUT2D eigenvalue weighted by Crippen LogP contribution is 2.43. The standard InChI is InChI=1S/C20H27BrFN7O/c1-13(30)27-7-9-28(10-8-27)17-11-14(21)16(12-15(17)22)29-19(24)25-18(23)26-20(29)5-3-2-4-6-20/h11-12H,2-10H2,1H3,(H4,23,24,25,26). The van der Waals surface area contributed by atoms with Crippen molar-refractivity contribution in [2.75, 3.05) is 36.0 Å². The molecular weight excluding hydrogens is 453 g/mol. The van der Waals surface area contributed by atoms with Crippen LogP contribution in [0.2, 0.25) is 0 Å². The van der Waals surface area contributed by atoms with Gasteiger partial charge in [-0.3, -0.25) is 9.69 Å². The van der Waals surface area contributed by atoms with E-state index in [4.69, 9.17) is 11.5 Å². The summed E-state index contributed by atoms with van der Waals surface area (Å²) in [6, 6.07) is 3.27. The normalized spacial score (nSPS) is 21.5. The number of benzene rings is 1. The van der Waals surface area contributed by atoms with E-state index in [1.54, 1.807) is 17.9 Å². The maximum atomic E-state index is 15.3. The van der Waals surface area contributed by atoms with Gasteiger partial charge in [0.05, 0.1) is 11.4 Å². The number of carbonyl (C=O) groups excluding carboxylic acids is 1. The van der Waals surface area contributed by atoms with Crippen molar-refractivity contribution in [1.82, 2.24) is 4.90 Å². The smallest absolute Gasteiger partial charge is 0.220 e. The van der Waals surface area contributed by atoms with Crippen molar-refractivity contribution >= 4 is 45.1 Å². The molecule has 1 aliphatic carbocycles. The Morgan fingerprint density at radius 3 is 2.40 bits per heavy atom. The molecule has 0 radical (unpaired) electrons. The van der Waals surface area contributed by atoms with Gasteiger partial charge < -0.3 is 21.3 Å². The summed E-state index contributed by atoms with van der Waals surface area (Å²) in [4.78, 5) is 25.9. The zero-order chi connectivity index (χ0) is 21.5. The second-order valence-corrected chi connectivity index (χ2v) is 8.92. The molecule has 30 heavy (non-hydrogen) atoms. The molecule has 1 saturated heterocycles. The van der Waals surface area contributed by atoms with E-state index in [0.717, 1.165) is 32.1 Å². The summed E-state index contributed by atoms with van der Waals surface area (Å²) in [6.07, 6.45) is 4.70. The van der Waals surface area contributed by atoms with Gasteiger partial charge in [-0.2, -0.15) is 4.99 Å². The third kappa shape index (κ3) is 3.73. The van der Waals surface area contributed by atoms with E-state index in [1.807, 2.05) is 9.80 Å². The van der Waals surface area contributed by atoms with Crippen LogP contribution < -0.4 is 21.3 Å². The lowest BCUT2D eigenvalue weighted by Gasteiger charge is -2.46. The molecule has 162 valence electrons. The number of hydrogen-bond acceptors (Lipinski definition) is 7. The topological polar surface area (TPSA) is 104 Å². The van der Waals surface area contributed by atoms with Crippen molar-refractivity contribution in [3.63, 3.8) is 0 Å². The Hall–Kier alpha value is -2.36. The molecule has 1 aromatic rings. The summed E-state index contributed by atoms with van der Waals surface area (Å²) in [7, 11) is 0. The summed E-state index contributed by atoms with van der Waals surface area (Å²) in [6.45, 7) is 3.89. The first-order valence-corrected chi connectivity index (χ1v) is 11.1. The summed E-state index contributed by atoms with van der Waals surface area (Å²) in [5, 5.41) is 0. The average molecular weight is 480 g/mol. The number of carbonyl (C=O) groups is 1. The number of hydrogen-bond donors (Lipinski definition) is 2. The summed E-state index contributed by atoms with van der Waals surface area (Å²) < 4.78 is 16.0. The van der Waals surface area contributed by atoms with Crippen LogP contribution in [-0.2, 0) is 4.79 Å². The van der Waals surface area contributed by atoms with Crippen molar-refractivity contribution in [3.05, 3.63) is 22.4 Å². The molecule has 4 rings (SSSR count).